The molecule has 1 N–H and O–H groups in total. The molecule has 1 aromatic rings. The van der Waals surface area contributed by atoms with Crippen LogP contribution < -0.4 is 10.2 Å². The molecular weight excluding hydrogens is 311 g/mol. The third kappa shape index (κ3) is 3.33. The second-order valence-corrected chi connectivity index (χ2v) is 6.96. The maximum Gasteiger partial charge on any atom is 0.250 e. The normalized spacial score (nSPS) is 20.2. The Balaban J connectivity index is 2.45. The summed E-state index contributed by atoms with van der Waals surface area (Å²) >= 11 is 12.2. The Bertz CT molecular complexity index is 582. The first-order chi connectivity index (χ1) is 9.71. The summed E-state index contributed by atoms with van der Waals surface area (Å²) in [5, 5.41) is 3.51. The zero-order valence-corrected chi connectivity index (χ0v) is 13.8. The summed E-state index contributed by atoms with van der Waals surface area (Å²) in [6.45, 7) is 6.04. The molecule has 0 saturated carbocycles. The lowest BCUT2D eigenvalue weighted by molar-refractivity contribution is -0.127. The van der Waals surface area contributed by atoms with Gasteiger partial charge in [-0.15, -0.1) is 0 Å². The first-order valence-electron chi connectivity index (χ1n) is 6.76. The lowest BCUT2D eigenvalue weighted by atomic mass is 9.86. The van der Waals surface area contributed by atoms with Crippen LogP contribution in [0.4, 0.5) is 5.69 Å². The molecule has 1 heterocycles. The van der Waals surface area contributed by atoms with Gasteiger partial charge in [-0.3, -0.25) is 9.59 Å². The summed E-state index contributed by atoms with van der Waals surface area (Å²) in [5.41, 5.74) is 0.153. The summed E-state index contributed by atoms with van der Waals surface area (Å²) in [5.74, 6) is -0.304. The molecule has 1 fully saturated rings. The molecular formula is C15H18Cl2N2O2. The van der Waals surface area contributed by atoms with Crippen LogP contribution in [0.1, 0.15) is 27.2 Å². The largest absolute Gasteiger partial charge is 0.344 e. The van der Waals surface area contributed by atoms with Gasteiger partial charge in [-0.1, -0.05) is 50.0 Å². The van der Waals surface area contributed by atoms with Crippen LogP contribution in [0, 0.1) is 5.41 Å². The Morgan fingerprint density at radius 1 is 1.24 bits per heavy atom. The zero-order valence-electron chi connectivity index (χ0n) is 12.2. The number of hydrogen-bond acceptors (Lipinski definition) is 2. The highest BCUT2D eigenvalue weighted by Gasteiger charge is 2.38. The van der Waals surface area contributed by atoms with E-state index in [2.05, 4.69) is 5.32 Å². The minimum Gasteiger partial charge on any atom is -0.344 e. The molecule has 1 aliphatic rings. The standard InChI is InChI=1S/C15H18Cl2N2O2/c1-15(2,3)13-14(21)19(8-7-11(20)18-13)10-6-4-5-9(16)12(10)17/h4-6,13H,7-8H2,1-3H3,(H,18,20). The Morgan fingerprint density at radius 3 is 2.52 bits per heavy atom. The predicted molar refractivity (Wildman–Crippen MR) is 84.8 cm³/mol. The lowest BCUT2D eigenvalue weighted by Crippen LogP contribution is -2.52. The van der Waals surface area contributed by atoms with Crippen LogP contribution in [0.25, 0.3) is 0 Å². The van der Waals surface area contributed by atoms with Crippen LogP contribution >= 0.6 is 23.2 Å². The predicted octanol–water partition coefficient (Wildman–Crippen LogP) is 3.26. The van der Waals surface area contributed by atoms with Crippen LogP contribution in [-0.2, 0) is 9.59 Å². The van der Waals surface area contributed by atoms with Crippen LogP contribution in [0.15, 0.2) is 18.2 Å². The van der Waals surface area contributed by atoms with E-state index in [0.717, 1.165) is 0 Å². The number of amides is 2. The Kier molecular flexibility index (Phi) is 4.49. The quantitative estimate of drug-likeness (QED) is 0.860. The van der Waals surface area contributed by atoms with E-state index in [1.54, 1.807) is 23.1 Å². The number of carbonyl (C=O) groups is 2. The van der Waals surface area contributed by atoms with Gasteiger partial charge in [0.05, 0.1) is 15.7 Å². The minimum absolute atomic E-state index is 0.135. The van der Waals surface area contributed by atoms with Crippen molar-refractivity contribution < 1.29 is 9.59 Å². The van der Waals surface area contributed by atoms with Gasteiger partial charge in [0, 0.05) is 13.0 Å². The molecule has 0 radical (unpaired) electrons. The molecule has 1 aliphatic heterocycles. The summed E-state index contributed by atoms with van der Waals surface area (Å²) in [6.07, 6.45) is 0.237. The van der Waals surface area contributed by atoms with Crippen molar-refractivity contribution in [2.45, 2.75) is 33.2 Å². The SMILES string of the molecule is CC(C)(C)C1NC(=O)CCN(c2cccc(Cl)c2Cl)C1=O. The van der Waals surface area contributed by atoms with Gasteiger partial charge < -0.3 is 10.2 Å². The smallest absolute Gasteiger partial charge is 0.250 e. The summed E-state index contributed by atoms with van der Waals surface area (Å²) in [7, 11) is 0. The monoisotopic (exact) mass is 328 g/mol. The third-order valence-electron chi connectivity index (χ3n) is 3.47. The number of rotatable bonds is 1. The van der Waals surface area contributed by atoms with E-state index in [0.29, 0.717) is 15.7 Å². The van der Waals surface area contributed by atoms with Crippen LogP contribution in [0.2, 0.25) is 10.0 Å². The Hall–Kier alpha value is -1.26. The van der Waals surface area contributed by atoms with Gasteiger partial charge >= 0.3 is 0 Å². The second-order valence-electron chi connectivity index (χ2n) is 6.18. The molecule has 6 heteroatoms. The van der Waals surface area contributed by atoms with E-state index in [1.165, 1.54) is 0 Å². The highest BCUT2D eigenvalue weighted by molar-refractivity contribution is 6.44. The molecule has 0 aliphatic carbocycles. The highest BCUT2D eigenvalue weighted by Crippen LogP contribution is 2.34. The van der Waals surface area contributed by atoms with Crippen molar-refractivity contribution in [3.05, 3.63) is 28.2 Å². The fourth-order valence-corrected chi connectivity index (χ4v) is 2.70. The maximum atomic E-state index is 12.8. The number of nitrogens with one attached hydrogen (secondary N) is 1. The molecule has 1 atom stereocenters. The lowest BCUT2D eigenvalue weighted by Gasteiger charge is -2.32. The van der Waals surface area contributed by atoms with Gasteiger partial charge in [0.2, 0.25) is 11.8 Å². The van der Waals surface area contributed by atoms with Gasteiger partial charge in [-0.05, 0) is 17.5 Å². The van der Waals surface area contributed by atoms with Gasteiger partial charge in [-0.25, -0.2) is 0 Å². The molecule has 114 valence electrons. The molecule has 21 heavy (non-hydrogen) atoms. The number of anilines is 1. The minimum atomic E-state index is -0.595. The zero-order chi connectivity index (χ0) is 15.8. The van der Waals surface area contributed by atoms with Crippen molar-refractivity contribution in [1.29, 1.82) is 0 Å². The number of halogens is 2. The molecule has 1 unspecified atom stereocenters. The molecule has 1 aromatic carbocycles. The van der Waals surface area contributed by atoms with E-state index in [-0.39, 0.29) is 30.2 Å². The molecule has 0 spiro atoms. The van der Waals surface area contributed by atoms with Crippen LogP contribution in [0.3, 0.4) is 0 Å². The number of hydrogen-bond donors (Lipinski definition) is 1. The first-order valence-corrected chi connectivity index (χ1v) is 7.52. The number of nitrogens with zero attached hydrogens (tertiary/aromatic N) is 1. The fourth-order valence-electron chi connectivity index (χ4n) is 2.30. The number of benzene rings is 1. The van der Waals surface area contributed by atoms with E-state index in [9.17, 15) is 9.59 Å². The van der Waals surface area contributed by atoms with E-state index in [4.69, 9.17) is 23.2 Å². The van der Waals surface area contributed by atoms with E-state index in [1.807, 2.05) is 20.8 Å². The highest BCUT2D eigenvalue weighted by atomic mass is 35.5. The molecule has 0 aromatic heterocycles. The topological polar surface area (TPSA) is 49.4 Å². The second kappa shape index (κ2) is 5.85. The number of carbonyl (C=O) groups excluding carboxylic acids is 2. The van der Waals surface area contributed by atoms with Gasteiger partial charge in [-0.2, -0.15) is 0 Å². The van der Waals surface area contributed by atoms with Gasteiger partial charge in [0.1, 0.15) is 6.04 Å². The van der Waals surface area contributed by atoms with Crippen LogP contribution in [-0.4, -0.2) is 24.4 Å². The molecule has 2 amide bonds. The van der Waals surface area contributed by atoms with Crippen molar-refractivity contribution in [1.82, 2.24) is 5.32 Å². The Labute approximate surface area is 134 Å². The first kappa shape index (κ1) is 16.1. The molecule has 4 nitrogen and oxygen atoms in total. The van der Waals surface area contributed by atoms with E-state index >= 15 is 0 Å². The maximum absolute atomic E-state index is 12.8. The average Bonchev–Trinajstić information content (AvgIpc) is 2.53. The molecule has 2 rings (SSSR count). The Morgan fingerprint density at radius 2 is 1.90 bits per heavy atom. The summed E-state index contributed by atoms with van der Waals surface area (Å²) in [6, 6.07) is 4.55. The van der Waals surface area contributed by atoms with Crippen LogP contribution in [0.5, 0.6) is 0 Å². The molecule has 1 saturated heterocycles. The van der Waals surface area contributed by atoms with Gasteiger partial charge in [0.25, 0.3) is 0 Å². The van der Waals surface area contributed by atoms with Crippen molar-refractivity contribution in [3.63, 3.8) is 0 Å². The van der Waals surface area contributed by atoms with Crippen molar-refractivity contribution >= 4 is 40.7 Å². The van der Waals surface area contributed by atoms with Crippen molar-refractivity contribution in [3.8, 4) is 0 Å². The average molecular weight is 329 g/mol. The fraction of sp³-hybridized carbons (Fsp3) is 0.467. The van der Waals surface area contributed by atoms with Gasteiger partial charge in [0.15, 0.2) is 0 Å². The van der Waals surface area contributed by atoms with Crippen molar-refractivity contribution in [2.75, 3.05) is 11.4 Å². The summed E-state index contributed by atoms with van der Waals surface area (Å²) < 4.78 is 0. The molecule has 0 bridgehead atoms. The summed E-state index contributed by atoms with van der Waals surface area (Å²) in [4.78, 5) is 26.2. The third-order valence-corrected chi connectivity index (χ3v) is 4.28. The van der Waals surface area contributed by atoms with E-state index < -0.39 is 6.04 Å². The van der Waals surface area contributed by atoms with Crippen molar-refractivity contribution in [2.24, 2.45) is 5.41 Å².